The zero-order chi connectivity index (χ0) is 10.3. The average molecular weight is 268 g/mol. The van der Waals surface area contributed by atoms with Crippen LogP contribution in [0.4, 0.5) is 0 Å². The fourth-order valence-corrected chi connectivity index (χ4v) is 1.75. The second kappa shape index (κ2) is 7.68. The third-order valence-corrected chi connectivity index (χ3v) is 3.65. The van der Waals surface area contributed by atoms with Crippen LogP contribution in [0.15, 0.2) is 0 Å². The number of halogens is 1. The van der Waals surface area contributed by atoms with E-state index >= 15 is 0 Å². The van der Waals surface area contributed by atoms with Crippen molar-refractivity contribution in [3.8, 4) is 0 Å². The first-order valence-corrected chi connectivity index (χ1v) is 6.97. The van der Waals surface area contributed by atoms with Gasteiger partial charge >= 0.3 is 0 Å². The second-order valence-corrected chi connectivity index (χ2v) is 4.86. The molecular weight excluding hydrogens is 250 g/mol. The molecule has 78 valence electrons. The van der Waals surface area contributed by atoms with Crippen molar-refractivity contribution in [3.05, 3.63) is 0 Å². The number of amides is 1. The number of rotatable bonds is 6. The van der Waals surface area contributed by atoms with E-state index in [-0.39, 0.29) is 11.9 Å². The second-order valence-electron chi connectivity index (χ2n) is 3.23. The zero-order valence-electron chi connectivity index (χ0n) is 8.47. The van der Waals surface area contributed by atoms with Crippen LogP contribution < -0.4 is 5.32 Å². The van der Waals surface area contributed by atoms with Gasteiger partial charge in [0, 0.05) is 23.5 Å². The van der Waals surface area contributed by atoms with Gasteiger partial charge in [-0.25, -0.2) is 0 Å². The maximum atomic E-state index is 11.3. The molecule has 0 aromatic carbocycles. The molecule has 0 heterocycles. The SMILES string of the molecule is CSCCC(=O)NC(C)C(C)CBr. The lowest BCUT2D eigenvalue weighted by atomic mass is 10.1. The van der Waals surface area contributed by atoms with E-state index in [0.717, 1.165) is 11.1 Å². The standard InChI is InChI=1S/C9H18BrNOS/c1-7(6-10)8(2)11-9(12)4-5-13-3/h7-8H,4-6H2,1-3H3,(H,11,12). The third-order valence-electron chi connectivity index (χ3n) is 2.02. The Morgan fingerprint density at radius 2 is 2.15 bits per heavy atom. The van der Waals surface area contributed by atoms with Crippen LogP contribution in [0, 0.1) is 5.92 Å². The molecule has 1 N–H and O–H groups in total. The van der Waals surface area contributed by atoms with Crippen molar-refractivity contribution in [2.75, 3.05) is 17.3 Å². The first kappa shape index (κ1) is 13.3. The molecule has 0 spiro atoms. The van der Waals surface area contributed by atoms with E-state index in [4.69, 9.17) is 0 Å². The summed E-state index contributed by atoms with van der Waals surface area (Å²) in [5.74, 6) is 1.55. The van der Waals surface area contributed by atoms with Gasteiger partial charge in [0.25, 0.3) is 0 Å². The van der Waals surface area contributed by atoms with Gasteiger partial charge in [0.1, 0.15) is 0 Å². The zero-order valence-corrected chi connectivity index (χ0v) is 10.9. The van der Waals surface area contributed by atoms with Gasteiger partial charge in [-0.3, -0.25) is 4.79 Å². The molecule has 4 heteroatoms. The van der Waals surface area contributed by atoms with Crippen LogP contribution >= 0.6 is 27.7 Å². The third kappa shape index (κ3) is 6.38. The molecule has 0 aromatic heterocycles. The summed E-state index contributed by atoms with van der Waals surface area (Å²) < 4.78 is 0. The molecule has 0 saturated heterocycles. The lowest BCUT2D eigenvalue weighted by Crippen LogP contribution is -2.37. The fourth-order valence-electron chi connectivity index (χ4n) is 0.797. The molecule has 0 radical (unpaired) electrons. The van der Waals surface area contributed by atoms with E-state index < -0.39 is 0 Å². The smallest absolute Gasteiger partial charge is 0.221 e. The van der Waals surface area contributed by atoms with E-state index in [9.17, 15) is 4.79 Å². The normalized spacial score (nSPS) is 15.1. The first-order chi connectivity index (χ1) is 6.11. The van der Waals surface area contributed by atoms with E-state index in [0.29, 0.717) is 12.3 Å². The molecule has 13 heavy (non-hydrogen) atoms. The Kier molecular flexibility index (Phi) is 7.86. The number of hydrogen-bond acceptors (Lipinski definition) is 2. The first-order valence-electron chi connectivity index (χ1n) is 4.46. The van der Waals surface area contributed by atoms with Crippen molar-refractivity contribution in [3.63, 3.8) is 0 Å². The minimum Gasteiger partial charge on any atom is -0.353 e. The van der Waals surface area contributed by atoms with Crippen molar-refractivity contribution in [1.29, 1.82) is 0 Å². The molecule has 0 fully saturated rings. The van der Waals surface area contributed by atoms with E-state index in [1.54, 1.807) is 11.8 Å². The highest BCUT2D eigenvalue weighted by Gasteiger charge is 2.12. The molecule has 0 aliphatic heterocycles. The Morgan fingerprint density at radius 3 is 2.62 bits per heavy atom. The molecule has 1 amide bonds. The Labute approximate surface area is 93.4 Å². The van der Waals surface area contributed by atoms with Crippen LogP contribution in [0.3, 0.4) is 0 Å². The number of alkyl halides is 1. The molecule has 0 aliphatic rings. The van der Waals surface area contributed by atoms with Crippen molar-refractivity contribution in [2.45, 2.75) is 26.3 Å². The van der Waals surface area contributed by atoms with Crippen LogP contribution in [-0.4, -0.2) is 29.3 Å². The Morgan fingerprint density at radius 1 is 1.54 bits per heavy atom. The maximum Gasteiger partial charge on any atom is 0.221 e. The number of thioether (sulfide) groups is 1. The lowest BCUT2D eigenvalue weighted by Gasteiger charge is -2.18. The minimum absolute atomic E-state index is 0.162. The van der Waals surface area contributed by atoms with Gasteiger partial charge in [0.05, 0.1) is 0 Å². The summed E-state index contributed by atoms with van der Waals surface area (Å²) in [6, 6.07) is 0.258. The van der Waals surface area contributed by atoms with Crippen molar-refractivity contribution >= 4 is 33.6 Å². The molecule has 0 aromatic rings. The predicted molar refractivity (Wildman–Crippen MR) is 63.6 cm³/mol. The maximum absolute atomic E-state index is 11.3. The average Bonchev–Trinajstić information content (AvgIpc) is 2.13. The molecule has 0 rings (SSSR count). The molecule has 0 aliphatic carbocycles. The van der Waals surface area contributed by atoms with Crippen LogP contribution in [-0.2, 0) is 4.79 Å². The van der Waals surface area contributed by atoms with Gasteiger partial charge in [0.2, 0.25) is 5.91 Å². The number of hydrogen-bond donors (Lipinski definition) is 1. The largest absolute Gasteiger partial charge is 0.353 e. The van der Waals surface area contributed by atoms with Gasteiger partial charge in [0.15, 0.2) is 0 Å². The summed E-state index contributed by atoms with van der Waals surface area (Å²) in [6.07, 6.45) is 2.64. The minimum atomic E-state index is 0.162. The van der Waals surface area contributed by atoms with Crippen molar-refractivity contribution in [1.82, 2.24) is 5.32 Å². The number of carbonyl (C=O) groups is 1. The fraction of sp³-hybridized carbons (Fsp3) is 0.889. The molecule has 0 bridgehead atoms. The monoisotopic (exact) mass is 267 g/mol. The van der Waals surface area contributed by atoms with Gasteiger partial charge < -0.3 is 5.32 Å². The number of nitrogens with one attached hydrogen (secondary N) is 1. The van der Waals surface area contributed by atoms with E-state index in [2.05, 4.69) is 28.2 Å². The van der Waals surface area contributed by atoms with Crippen molar-refractivity contribution < 1.29 is 4.79 Å². The topological polar surface area (TPSA) is 29.1 Å². The molecule has 2 atom stereocenters. The van der Waals surface area contributed by atoms with E-state index in [1.807, 2.05) is 13.2 Å². The molecular formula is C9H18BrNOS. The van der Waals surface area contributed by atoms with Gasteiger partial charge in [-0.05, 0) is 19.1 Å². The summed E-state index contributed by atoms with van der Waals surface area (Å²) in [5, 5.41) is 3.91. The van der Waals surface area contributed by atoms with Gasteiger partial charge in [-0.1, -0.05) is 22.9 Å². The number of carbonyl (C=O) groups excluding carboxylic acids is 1. The van der Waals surface area contributed by atoms with Crippen LogP contribution in [0.1, 0.15) is 20.3 Å². The highest BCUT2D eigenvalue weighted by Crippen LogP contribution is 2.06. The van der Waals surface area contributed by atoms with Crippen molar-refractivity contribution in [2.24, 2.45) is 5.92 Å². The lowest BCUT2D eigenvalue weighted by molar-refractivity contribution is -0.121. The molecule has 2 unspecified atom stereocenters. The summed E-state index contributed by atoms with van der Waals surface area (Å²) in [7, 11) is 0. The van der Waals surface area contributed by atoms with Crippen LogP contribution in [0.2, 0.25) is 0 Å². The predicted octanol–water partition coefficient (Wildman–Crippen LogP) is 2.28. The quantitative estimate of drug-likeness (QED) is 0.749. The Balaban J connectivity index is 3.64. The summed E-state index contributed by atoms with van der Waals surface area (Å²) in [4.78, 5) is 11.3. The van der Waals surface area contributed by atoms with Gasteiger partial charge in [-0.15, -0.1) is 0 Å². The Bertz CT molecular complexity index is 155. The molecule has 0 saturated carbocycles. The summed E-state index contributed by atoms with van der Waals surface area (Å²) in [6.45, 7) is 4.16. The Hall–Kier alpha value is 0.300. The highest BCUT2D eigenvalue weighted by atomic mass is 79.9. The molecule has 2 nitrogen and oxygen atoms in total. The van der Waals surface area contributed by atoms with Crippen LogP contribution in [0.25, 0.3) is 0 Å². The van der Waals surface area contributed by atoms with Crippen LogP contribution in [0.5, 0.6) is 0 Å². The summed E-state index contributed by atoms with van der Waals surface area (Å²) >= 11 is 5.10. The van der Waals surface area contributed by atoms with Gasteiger partial charge in [-0.2, -0.15) is 11.8 Å². The highest BCUT2D eigenvalue weighted by molar-refractivity contribution is 9.09. The summed E-state index contributed by atoms with van der Waals surface area (Å²) in [5.41, 5.74) is 0. The van der Waals surface area contributed by atoms with E-state index in [1.165, 1.54) is 0 Å².